The van der Waals surface area contributed by atoms with Crippen molar-refractivity contribution in [2.24, 2.45) is 0 Å². The first-order valence-corrected chi connectivity index (χ1v) is 7.85. The number of nitro benzene ring substituents is 1. The SMILES string of the molecule is N#Cc1ccc(CSCC(=O)Nc2ccc([N+](=O)[O-])cc2)cc1. The molecule has 1 amide bonds. The molecule has 116 valence electrons. The zero-order valence-electron chi connectivity index (χ0n) is 12.1. The van der Waals surface area contributed by atoms with Crippen LogP contribution in [-0.4, -0.2) is 16.6 Å². The van der Waals surface area contributed by atoms with E-state index in [2.05, 4.69) is 11.4 Å². The molecule has 0 saturated heterocycles. The number of hydrogen-bond donors (Lipinski definition) is 1. The van der Waals surface area contributed by atoms with E-state index in [4.69, 9.17) is 5.26 Å². The molecule has 23 heavy (non-hydrogen) atoms. The summed E-state index contributed by atoms with van der Waals surface area (Å²) in [7, 11) is 0. The van der Waals surface area contributed by atoms with Crippen LogP contribution in [0.5, 0.6) is 0 Å². The molecule has 0 heterocycles. The van der Waals surface area contributed by atoms with Crippen LogP contribution in [0.1, 0.15) is 11.1 Å². The normalized spacial score (nSPS) is 9.87. The number of non-ortho nitro benzene ring substituents is 1. The molecule has 2 rings (SSSR count). The van der Waals surface area contributed by atoms with Gasteiger partial charge in [-0.15, -0.1) is 11.8 Å². The van der Waals surface area contributed by atoms with E-state index in [0.717, 1.165) is 5.56 Å². The maximum Gasteiger partial charge on any atom is 0.269 e. The van der Waals surface area contributed by atoms with Gasteiger partial charge in [0.05, 0.1) is 22.3 Å². The Balaban J connectivity index is 1.78. The summed E-state index contributed by atoms with van der Waals surface area (Å²) < 4.78 is 0. The van der Waals surface area contributed by atoms with Crippen molar-refractivity contribution in [2.75, 3.05) is 11.1 Å². The van der Waals surface area contributed by atoms with Gasteiger partial charge in [-0.3, -0.25) is 14.9 Å². The van der Waals surface area contributed by atoms with Crippen LogP contribution >= 0.6 is 11.8 Å². The Bertz CT molecular complexity index is 737. The van der Waals surface area contributed by atoms with Gasteiger partial charge >= 0.3 is 0 Å². The number of nitrogens with one attached hydrogen (secondary N) is 1. The smallest absolute Gasteiger partial charge is 0.269 e. The lowest BCUT2D eigenvalue weighted by Gasteiger charge is -2.05. The molecule has 0 atom stereocenters. The second-order valence-corrected chi connectivity index (χ2v) is 5.64. The number of thioether (sulfide) groups is 1. The molecule has 2 aromatic carbocycles. The van der Waals surface area contributed by atoms with Crippen molar-refractivity contribution in [1.29, 1.82) is 5.26 Å². The molecule has 7 heteroatoms. The van der Waals surface area contributed by atoms with Crippen LogP contribution in [0.3, 0.4) is 0 Å². The van der Waals surface area contributed by atoms with Crippen LogP contribution in [0.15, 0.2) is 48.5 Å². The average molecular weight is 327 g/mol. The van der Waals surface area contributed by atoms with Gasteiger partial charge in [-0.1, -0.05) is 12.1 Å². The fraction of sp³-hybridized carbons (Fsp3) is 0.125. The summed E-state index contributed by atoms with van der Waals surface area (Å²) in [6.07, 6.45) is 0. The Morgan fingerprint density at radius 1 is 1.17 bits per heavy atom. The van der Waals surface area contributed by atoms with E-state index in [0.29, 0.717) is 17.0 Å². The summed E-state index contributed by atoms with van der Waals surface area (Å²) in [5.74, 6) is 0.772. The van der Waals surface area contributed by atoms with Gasteiger partial charge in [-0.25, -0.2) is 0 Å². The van der Waals surface area contributed by atoms with E-state index in [-0.39, 0.29) is 17.3 Å². The summed E-state index contributed by atoms with van der Waals surface area (Å²) in [5.41, 5.74) is 2.16. The molecule has 0 bridgehead atoms. The number of hydrogen-bond acceptors (Lipinski definition) is 5. The van der Waals surface area contributed by atoms with Gasteiger partial charge < -0.3 is 5.32 Å². The molecule has 0 aliphatic carbocycles. The van der Waals surface area contributed by atoms with Gasteiger partial charge in [0.15, 0.2) is 0 Å². The molecular formula is C16H13N3O3S. The van der Waals surface area contributed by atoms with Crippen LogP contribution in [0.25, 0.3) is 0 Å². The zero-order chi connectivity index (χ0) is 16.7. The summed E-state index contributed by atoms with van der Waals surface area (Å²) in [6.45, 7) is 0. The molecule has 0 spiro atoms. The maximum atomic E-state index is 11.8. The molecule has 0 unspecified atom stereocenters. The Hall–Kier alpha value is -2.85. The number of benzene rings is 2. The van der Waals surface area contributed by atoms with Crippen LogP contribution in [0, 0.1) is 21.4 Å². The highest BCUT2D eigenvalue weighted by Crippen LogP contribution is 2.17. The van der Waals surface area contributed by atoms with Gasteiger partial charge in [0.25, 0.3) is 5.69 Å². The standard InChI is InChI=1S/C16H13N3O3S/c17-9-12-1-3-13(4-2-12)10-23-11-16(20)18-14-5-7-15(8-6-14)19(21)22/h1-8H,10-11H2,(H,18,20). The van der Waals surface area contributed by atoms with Gasteiger partial charge in [0.2, 0.25) is 5.91 Å². The molecule has 0 fully saturated rings. The highest BCUT2D eigenvalue weighted by atomic mass is 32.2. The third-order valence-corrected chi connectivity index (χ3v) is 3.95. The lowest BCUT2D eigenvalue weighted by atomic mass is 10.2. The van der Waals surface area contributed by atoms with Crippen molar-refractivity contribution in [3.8, 4) is 6.07 Å². The third kappa shape index (κ3) is 5.13. The average Bonchev–Trinajstić information content (AvgIpc) is 2.56. The lowest BCUT2D eigenvalue weighted by molar-refractivity contribution is -0.384. The topological polar surface area (TPSA) is 96.0 Å². The van der Waals surface area contributed by atoms with E-state index in [1.54, 1.807) is 12.1 Å². The lowest BCUT2D eigenvalue weighted by Crippen LogP contribution is -2.14. The Morgan fingerprint density at radius 3 is 2.39 bits per heavy atom. The summed E-state index contributed by atoms with van der Waals surface area (Å²) >= 11 is 1.45. The predicted molar refractivity (Wildman–Crippen MR) is 89.0 cm³/mol. The van der Waals surface area contributed by atoms with E-state index >= 15 is 0 Å². The minimum Gasteiger partial charge on any atom is -0.325 e. The number of rotatable bonds is 6. The van der Waals surface area contributed by atoms with Crippen molar-refractivity contribution < 1.29 is 9.72 Å². The quantitative estimate of drug-likeness (QED) is 0.648. The molecule has 0 aliphatic rings. The first kappa shape index (κ1) is 16.5. The molecule has 0 saturated carbocycles. The fourth-order valence-corrected chi connectivity index (χ4v) is 2.59. The maximum absolute atomic E-state index is 11.8. The summed E-state index contributed by atoms with van der Waals surface area (Å²) in [6, 6.07) is 15.0. The molecule has 2 aromatic rings. The van der Waals surface area contributed by atoms with Crippen LogP contribution in [0.4, 0.5) is 11.4 Å². The fourth-order valence-electron chi connectivity index (χ4n) is 1.80. The second-order valence-electron chi connectivity index (χ2n) is 4.65. The van der Waals surface area contributed by atoms with E-state index in [1.807, 2.05) is 12.1 Å². The summed E-state index contributed by atoms with van der Waals surface area (Å²) in [4.78, 5) is 21.9. The van der Waals surface area contributed by atoms with E-state index in [1.165, 1.54) is 36.0 Å². The highest BCUT2D eigenvalue weighted by molar-refractivity contribution is 7.99. The van der Waals surface area contributed by atoms with E-state index in [9.17, 15) is 14.9 Å². The van der Waals surface area contributed by atoms with Crippen LogP contribution in [-0.2, 0) is 10.5 Å². The molecule has 1 N–H and O–H groups in total. The van der Waals surface area contributed by atoms with Gasteiger partial charge in [-0.05, 0) is 29.8 Å². The number of nitrogens with zero attached hydrogens (tertiary/aromatic N) is 2. The minimum absolute atomic E-state index is 0.0156. The Kier molecular flexibility index (Phi) is 5.72. The van der Waals surface area contributed by atoms with Crippen molar-refractivity contribution >= 4 is 29.0 Å². The third-order valence-electron chi connectivity index (χ3n) is 2.95. The molecule has 6 nitrogen and oxygen atoms in total. The molecule has 0 aliphatic heterocycles. The second kappa shape index (κ2) is 7.96. The molecular weight excluding hydrogens is 314 g/mol. The zero-order valence-corrected chi connectivity index (χ0v) is 12.9. The monoisotopic (exact) mass is 327 g/mol. The first-order valence-electron chi connectivity index (χ1n) is 6.69. The number of nitro groups is 1. The summed E-state index contributed by atoms with van der Waals surface area (Å²) in [5, 5.41) is 22.0. The van der Waals surface area contributed by atoms with Crippen LogP contribution in [0.2, 0.25) is 0 Å². The Morgan fingerprint density at radius 2 is 1.83 bits per heavy atom. The van der Waals surface area contributed by atoms with E-state index < -0.39 is 4.92 Å². The van der Waals surface area contributed by atoms with Crippen LogP contribution < -0.4 is 5.32 Å². The van der Waals surface area contributed by atoms with Crippen molar-refractivity contribution in [3.05, 3.63) is 69.8 Å². The van der Waals surface area contributed by atoms with Gasteiger partial charge in [0.1, 0.15) is 0 Å². The van der Waals surface area contributed by atoms with Crippen molar-refractivity contribution in [1.82, 2.24) is 0 Å². The number of amides is 1. The number of carbonyl (C=O) groups excluding carboxylic acids is 1. The minimum atomic E-state index is -0.487. The van der Waals surface area contributed by atoms with Gasteiger partial charge in [-0.2, -0.15) is 5.26 Å². The number of nitriles is 1. The Labute approximate surface area is 137 Å². The van der Waals surface area contributed by atoms with Gasteiger partial charge in [0, 0.05) is 23.6 Å². The first-order chi connectivity index (χ1) is 11.1. The molecule has 0 radical (unpaired) electrons. The number of anilines is 1. The predicted octanol–water partition coefficient (Wildman–Crippen LogP) is 3.34. The number of carbonyl (C=O) groups is 1. The molecule has 0 aromatic heterocycles. The van der Waals surface area contributed by atoms with Crippen molar-refractivity contribution in [2.45, 2.75) is 5.75 Å². The highest BCUT2D eigenvalue weighted by Gasteiger charge is 2.06. The largest absolute Gasteiger partial charge is 0.325 e. The van der Waals surface area contributed by atoms with Crippen molar-refractivity contribution in [3.63, 3.8) is 0 Å².